The SMILES string of the molecule is CC(C)(C)OC(=O)NCC1(c2cccs2)CCN(Cc2ccccc2)CC1. The van der Waals surface area contributed by atoms with Gasteiger partial charge in [0.05, 0.1) is 0 Å². The zero-order valence-electron chi connectivity index (χ0n) is 16.5. The van der Waals surface area contributed by atoms with E-state index in [1.165, 1.54) is 10.4 Å². The number of amides is 1. The average Bonchev–Trinajstić information content (AvgIpc) is 3.16. The van der Waals surface area contributed by atoms with Crippen LogP contribution in [0.15, 0.2) is 47.8 Å². The summed E-state index contributed by atoms with van der Waals surface area (Å²) < 4.78 is 5.43. The average molecular weight is 387 g/mol. The van der Waals surface area contributed by atoms with Crippen LogP contribution >= 0.6 is 11.3 Å². The molecular formula is C22H30N2O2S. The Morgan fingerprint density at radius 3 is 2.44 bits per heavy atom. The van der Waals surface area contributed by atoms with Crippen molar-refractivity contribution >= 4 is 17.4 Å². The smallest absolute Gasteiger partial charge is 0.407 e. The summed E-state index contributed by atoms with van der Waals surface area (Å²) in [5.41, 5.74) is 0.880. The highest BCUT2D eigenvalue weighted by molar-refractivity contribution is 7.10. The summed E-state index contributed by atoms with van der Waals surface area (Å²) in [5.74, 6) is 0. The first-order valence-electron chi connectivity index (χ1n) is 9.63. The van der Waals surface area contributed by atoms with Crippen LogP contribution in [0.1, 0.15) is 44.1 Å². The molecule has 1 fully saturated rings. The Labute approximate surface area is 166 Å². The molecule has 0 spiro atoms. The second-order valence-corrected chi connectivity index (χ2v) is 9.32. The van der Waals surface area contributed by atoms with Crippen molar-refractivity contribution in [3.05, 3.63) is 58.3 Å². The Morgan fingerprint density at radius 1 is 1.15 bits per heavy atom. The van der Waals surface area contributed by atoms with Gasteiger partial charge in [0, 0.05) is 23.4 Å². The second kappa shape index (κ2) is 8.44. The molecule has 0 radical (unpaired) electrons. The quantitative estimate of drug-likeness (QED) is 0.802. The maximum Gasteiger partial charge on any atom is 0.407 e. The van der Waals surface area contributed by atoms with Crippen molar-refractivity contribution in [2.45, 2.75) is 51.2 Å². The maximum atomic E-state index is 12.2. The number of nitrogens with one attached hydrogen (secondary N) is 1. The first-order chi connectivity index (χ1) is 12.9. The molecular weight excluding hydrogens is 356 g/mol. The second-order valence-electron chi connectivity index (χ2n) is 8.37. The Hall–Kier alpha value is -1.85. The van der Waals surface area contributed by atoms with Gasteiger partial charge < -0.3 is 10.1 Å². The predicted molar refractivity (Wildman–Crippen MR) is 111 cm³/mol. The lowest BCUT2D eigenvalue weighted by Gasteiger charge is -2.41. The number of carbonyl (C=O) groups is 1. The molecule has 1 N–H and O–H groups in total. The molecule has 4 nitrogen and oxygen atoms in total. The van der Waals surface area contributed by atoms with Crippen LogP contribution in [0.3, 0.4) is 0 Å². The normalized spacial score (nSPS) is 17.4. The summed E-state index contributed by atoms with van der Waals surface area (Å²) in [6.45, 7) is 9.35. The molecule has 1 aromatic heterocycles. The molecule has 146 valence electrons. The molecule has 0 bridgehead atoms. The number of likely N-dealkylation sites (tertiary alicyclic amines) is 1. The predicted octanol–water partition coefficient (Wildman–Crippen LogP) is 4.81. The van der Waals surface area contributed by atoms with Crippen molar-refractivity contribution < 1.29 is 9.53 Å². The molecule has 1 aliphatic rings. The molecule has 0 atom stereocenters. The van der Waals surface area contributed by atoms with Crippen LogP contribution in [0.2, 0.25) is 0 Å². The third kappa shape index (κ3) is 5.56. The van der Waals surface area contributed by atoms with Crippen LogP contribution in [-0.4, -0.2) is 36.2 Å². The van der Waals surface area contributed by atoms with Gasteiger partial charge in [0.2, 0.25) is 0 Å². The number of thiophene rings is 1. The molecule has 27 heavy (non-hydrogen) atoms. The van der Waals surface area contributed by atoms with Crippen LogP contribution in [0.25, 0.3) is 0 Å². The van der Waals surface area contributed by atoms with Crippen molar-refractivity contribution in [1.82, 2.24) is 10.2 Å². The first-order valence-corrected chi connectivity index (χ1v) is 10.5. The number of piperidine rings is 1. The highest BCUT2D eigenvalue weighted by Crippen LogP contribution is 2.38. The summed E-state index contributed by atoms with van der Waals surface area (Å²) in [4.78, 5) is 16.0. The number of ether oxygens (including phenoxy) is 1. The van der Waals surface area contributed by atoms with Gasteiger partial charge in [-0.3, -0.25) is 4.90 Å². The summed E-state index contributed by atoms with van der Waals surface area (Å²) >= 11 is 1.79. The molecule has 0 aliphatic carbocycles. The number of alkyl carbamates (subject to hydrolysis) is 1. The minimum absolute atomic E-state index is 0.00173. The fourth-order valence-corrected chi connectivity index (χ4v) is 4.61. The molecule has 5 heteroatoms. The van der Waals surface area contributed by atoms with E-state index in [0.717, 1.165) is 32.5 Å². The Kier molecular flexibility index (Phi) is 6.22. The monoisotopic (exact) mass is 386 g/mol. The van der Waals surface area contributed by atoms with Crippen molar-refractivity contribution in [2.24, 2.45) is 0 Å². The van der Waals surface area contributed by atoms with Gasteiger partial charge in [0.15, 0.2) is 0 Å². The number of benzene rings is 1. The zero-order valence-corrected chi connectivity index (χ0v) is 17.3. The topological polar surface area (TPSA) is 41.6 Å². The minimum atomic E-state index is -0.473. The van der Waals surface area contributed by atoms with Gasteiger partial charge in [-0.15, -0.1) is 11.3 Å². The molecule has 3 rings (SSSR count). The lowest BCUT2D eigenvalue weighted by atomic mass is 9.77. The van der Waals surface area contributed by atoms with Gasteiger partial charge in [0.1, 0.15) is 5.60 Å². The van der Waals surface area contributed by atoms with Crippen molar-refractivity contribution in [1.29, 1.82) is 0 Å². The van der Waals surface area contributed by atoms with Crippen LogP contribution in [0, 0.1) is 0 Å². The van der Waals surface area contributed by atoms with Gasteiger partial charge in [-0.1, -0.05) is 36.4 Å². The number of nitrogens with zero attached hydrogens (tertiary/aromatic N) is 1. The molecule has 2 heterocycles. The highest BCUT2D eigenvalue weighted by Gasteiger charge is 2.37. The molecule has 0 unspecified atom stereocenters. The van der Waals surface area contributed by atoms with Gasteiger partial charge in [-0.05, 0) is 63.7 Å². The summed E-state index contributed by atoms with van der Waals surface area (Å²) in [6.07, 6.45) is 1.75. The molecule has 1 amide bonds. The lowest BCUT2D eigenvalue weighted by Crippen LogP contribution is -2.49. The van der Waals surface area contributed by atoms with Crippen molar-refractivity contribution in [2.75, 3.05) is 19.6 Å². The number of hydrogen-bond donors (Lipinski definition) is 1. The van der Waals surface area contributed by atoms with Crippen LogP contribution in [0.4, 0.5) is 4.79 Å². The van der Waals surface area contributed by atoms with E-state index in [2.05, 4.69) is 58.1 Å². The fourth-order valence-electron chi connectivity index (χ4n) is 3.63. The van der Waals surface area contributed by atoms with E-state index in [-0.39, 0.29) is 11.5 Å². The number of rotatable bonds is 5. The van der Waals surface area contributed by atoms with Gasteiger partial charge in [0.25, 0.3) is 0 Å². The third-order valence-corrected chi connectivity index (χ3v) is 6.19. The number of carbonyl (C=O) groups excluding carboxylic acids is 1. The summed E-state index contributed by atoms with van der Waals surface area (Å²) in [5, 5.41) is 5.16. The van der Waals surface area contributed by atoms with E-state index in [9.17, 15) is 4.79 Å². The fraction of sp³-hybridized carbons (Fsp3) is 0.500. The molecule has 1 aromatic carbocycles. The van der Waals surface area contributed by atoms with Crippen molar-refractivity contribution in [3.63, 3.8) is 0 Å². The van der Waals surface area contributed by atoms with E-state index in [4.69, 9.17) is 4.74 Å². The minimum Gasteiger partial charge on any atom is -0.444 e. The Morgan fingerprint density at radius 2 is 1.85 bits per heavy atom. The largest absolute Gasteiger partial charge is 0.444 e. The van der Waals surface area contributed by atoms with Crippen LogP contribution in [-0.2, 0) is 16.7 Å². The van der Waals surface area contributed by atoms with Gasteiger partial charge in [-0.2, -0.15) is 0 Å². The Balaban J connectivity index is 1.63. The van der Waals surface area contributed by atoms with Gasteiger partial charge in [-0.25, -0.2) is 4.79 Å². The first kappa shape index (κ1) is 19.9. The molecule has 1 aliphatic heterocycles. The summed E-state index contributed by atoms with van der Waals surface area (Å²) in [7, 11) is 0. The van der Waals surface area contributed by atoms with Crippen LogP contribution < -0.4 is 5.32 Å². The molecule has 1 saturated heterocycles. The Bertz CT molecular complexity index is 715. The summed E-state index contributed by atoms with van der Waals surface area (Å²) in [6, 6.07) is 14.9. The number of hydrogen-bond acceptors (Lipinski definition) is 4. The lowest BCUT2D eigenvalue weighted by molar-refractivity contribution is 0.0498. The third-order valence-electron chi connectivity index (χ3n) is 5.08. The van der Waals surface area contributed by atoms with E-state index >= 15 is 0 Å². The molecule has 0 saturated carbocycles. The van der Waals surface area contributed by atoms with E-state index in [1.807, 2.05) is 20.8 Å². The highest BCUT2D eigenvalue weighted by atomic mass is 32.1. The zero-order chi connectivity index (χ0) is 19.3. The van der Waals surface area contributed by atoms with E-state index < -0.39 is 5.60 Å². The van der Waals surface area contributed by atoms with Crippen LogP contribution in [0.5, 0.6) is 0 Å². The maximum absolute atomic E-state index is 12.2. The van der Waals surface area contributed by atoms with Crippen molar-refractivity contribution in [3.8, 4) is 0 Å². The van der Waals surface area contributed by atoms with E-state index in [1.54, 1.807) is 11.3 Å². The standard InChI is InChI=1S/C22H30N2O2S/c1-21(2,3)26-20(25)23-17-22(19-10-7-15-27-19)11-13-24(14-12-22)16-18-8-5-4-6-9-18/h4-10,15H,11-14,16-17H2,1-3H3,(H,23,25). The van der Waals surface area contributed by atoms with Gasteiger partial charge >= 0.3 is 6.09 Å². The van der Waals surface area contributed by atoms with E-state index in [0.29, 0.717) is 6.54 Å². The molecule has 2 aromatic rings.